The lowest BCUT2D eigenvalue weighted by molar-refractivity contribution is -0.121. The summed E-state index contributed by atoms with van der Waals surface area (Å²) in [5, 5.41) is 14.9. The molecule has 1 aliphatic heterocycles. The summed E-state index contributed by atoms with van der Waals surface area (Å²) in [7, 11) is 0. The number of rotatable bonds is 7. The number of nitrogens with zero attached hydrogens (tertiary/aromatic N) is 2. The van der Waals surface area contributed by atoms with E-state index in [1.54, 1.807) is 12.1 Å². The molecule has 3 aromatic rings. The predicted octanol–water partition coefficient (Wildman–Crippen LogP) is 5.22. The van der Waals surface area contributed by atoms with Crippen LogP contribution >= 0.6 is 68.9 Å². The largest absolute Gasteiger partial charge is 0.391 e. The second kappa shape index (κ2) is 13.4. The fraction of sp³-hybridized carbons (Fsp3) is 0.348. The first-order valence-corrected chi connectivity index (χ1v) is 12.1. The maximum absolute atomic E-state index is 13.0. The molecule has 0 saturated carbocycles. The van der Waals surface area contributed by atoms with Gasteiger partial charge in [0.05, 0.1) is 34.9 Å². The van der Waals surface area contributed by atoms with E-state index in [2.05, 4.69) is 10.3 Å². The zero-order valence-electron chi connectivity index (χ0n) is 18.1. The standard InChI is InChI=1S/C23H23Cl2N3O3S.2BrH/c24-15-5-3-14(4-6-15)12-32-22-9-17-19(10-18(22)25)27-13-28(23(17)31)11-16(29)8-20-21(30)2-1-7-26-20;;/h3-6,9-10,13,20-21,26,30H,1-2,7-8,11-12H2;2*1H. The molecule has 2 aromatic carbocycles. The van der Waals surface area contributed by atoms with Crippen molar-refractivity contribution in [1.29, 1.82) is 0 Å². The number of piperidine rings is 1. The van der Waals surface area contributed by atoms with Crippen molar-refractivity contribution in [2.45, 2.75) is 48.6 Å². The minimum atomic E-state index is -0.540. The molecule has 0 amide bonds. The number of hydrogen-bond acceptors (Lipinski definition) is 6. The van der Waals surface area contributed by atoms with E-state index in [9.17, 15) is 14.7 Å². The highest BCUT2D eigenvalue weighted by Gasteiger charge is 2.25. The number of thioether (sulfide) groups is 1. The third-order valence-electron chi connectivity index (χ3n) is 5.53. The van der Waals surface area contributed by atoms with E-state index in [0.717, 1.165) is 23.4 Å². The summed E-state index contributed by atoms with van der Waals surface area (Å²) < 4.78 is 1.32. The number of aliphatic hydroxyl groups is 1. The Bertz CT molecular complexity index is 1190. The van der Waals surface area contributed by atoms with Gasteiger partial charge in [0.1, 0.15) is 0 Å². The van der Waals surface area contributed by atoms with Crippen molar-refractivity contribution < 1.29 is 9.90 Å². The van der Waals surface area contributed by atoms with E-state index in [1.807, 2.05) is 24.3 Å². The number of fused-ring (bicyclic) bond motifs is 1. The lowest BCUT2D eigenvalue weighted by Gasteiger charge is -2.28. The normalized spacial score (nSPS) is 17.6. The molecule has 2 atom stereocenters. The van der Waals surface area contributed by atoms with Crippen LogP contribution in [0.15, 0.2) is 52.4 Å². The number of Topliss-reactive ketones (excluding diaryl/α,β-unsaturated/α-hetero) is 1. The Kier molecular flexibility index (Phi) is 11.5. The van der Waals surface area contributed by atoms with Gasteiger partial charge in [-0.2, -0.15) is 0 Å². The third-order valence-corrected chi connectivity index (χ3v) is 7.33. The van der Waals surface area contributed by atoms with Gasteiger partial charge in [0.2, 0.25) is 0 Å². The monoisotopic (exact) mass is 651 g/mol. The quantitative estimate of drug-likeness (QED) is 0.340. The van der Waals surface area contributed by atoms with Gasteiger partial charge in [0, 0.05) is 28.1 Å². The van der Waals surface area contributed by atoms with Crippen molar-refractivity contribution in [3.63, 3.8) is 0 Å². The molecule has 184 valence electrons. The number of carbonyl (C=O) groups excluding carboxylic acids is 1. The minimum absolute atomic E-state index is 0. The van der Waals surface area contributed by atoms with E-state index < -0.39 is 6.10 Å². The molecule has 1 fully saturated rings. The van der Waals surface area contributed by atoms with Gasteiger partial charge in [-0.05, 0) is 49.2 Å². The molecule has 34 heavy (non-hydrogen) atoms. The first kappa shape index (κ1) is 29.3. The lowest BCUT2D eigenvalue weighted by atomic mass is 9.97. The van der Waals surface area contributed by atoms with Crippen molar-refractivity contribution in [3.05, 3.63) is 68.7 Å². The van der Waals surface area contributed by atoms with Crippen LogP contribution in [0.3, 0.4) is 0 Å². The SMILES string of the molecule is Br.Br.O=C(CC1NCCCC1O)Cn1cnc2cc(Cl)c(SCc3ccc(Cl)cc3)cc2c1=O. The van der Waals surface area contributed by atoms with Crippen molar-refractivity contribution >= 4 is 85.6 Å². The van der Waals surface area contributed by atoms with E-state index in [1.165, 1.54) is 22.7 Å². The smallest absolute Gasteiger partial charge is 0.261 e. The lowest BCUT2D eigenvalue weighted by Crippen LogP contribution is -2.46. The number of benzene rings is 2. The van der Waals surface area contributed by atoms with Crippen molar-refractivity contribution in [2.75, 3.05) is 6.54 Å². The molecule has 2 unspecified atom stereocenters. The fourth-order valence-electron chi connectivity index (χ4n) is 3.77. The second-order valence-electron chi connectivity index (χ2n) is 7.91. The van der Waals surface area contributed by atoms with Gasteiger partial charge >= 0.3 is 0 Å². The number of nitrogens with one attached hydrogen (secondary N) is 1. The van der Waals surface area contributed by atoms with Crippen molar-refractivity contribution in [1.82, 2.24) is 14.9 Å². The topological polar surface area (TPSA) is 84.2 Å². The summed E-state index contributed by atoms with van der Waals surface area (Å²) in [6, 6.07) is 10.7. The van der Waals surface area contributed by atoms with Crippen LogP contribution in [0.2, 0.25) is 10.0 Å². The number of hydrogen-bond donors (Lipinski definition) is 2. The van der Waals surface area contributed by atoms with Gasteiger partial charge < -0.3 is 10.4 Å². The number of carbonyl (C=O) groups is 1. The molecule has 1 saturated heterocycles. The highest BCUT2D eigenvalue weighted by molar-refractivity contribution is 8.93. The molecule has 6 nitrogen and oxygen atoms in total. The zero-order valence-corrected chi connectivity index (χ0v) is 23.8. The van der Waals surface area contributed by atoms with Gasteiger partial charge in [-0.1, -0.05) is 35.3 Å². The highest BCUT2D eigenvalue weighted by Crippen LogP contribution is 2.32. The van der Waals surface area contributed by atoms with Crippen LogP contribution < -0.4 is 10.9 Å². The Morgan fingerprint density at radius 1 is 1.21 bits per heavy atom. The molecule has 2 N–H and O–H groups in total. The zero-order chi connectivity index (χ0) is 22.7. The van der Waals surface area contributed by atoms with Gasteiger partial charge in [-0.25, -0.2) is 4.98 Å². The average Bonchev–Trinajstić information content (AvgIpc) is 2.77. The summed E-state index contributed by atoms with van der Waals surface area (Å²) >= 11 is 13.9. The van der Waals surface area contributed by atoms with Gasteiger partial charge in [0.25, 0.3) is 5.56 Å². The molecular weight excluding hydrogens is 629 g/mol. The minimum Gasteiger partial charge on any atom is -0.391 e. The molecule has 0 spiro atoms. The summed E-state index contributed by atoms with van der Waals surface area (Å²) in [4.78, 5) is 30.7. The highest BCUT2D eigenvalue weighted by atomic mass is 79.9. The first-order valence-electron chi connectivity index (χ1n) is 10.4. The molecule has 4 rings (SSSR count). The van der Waals surface area contributed by atoms with E-state index in [-0.39, 0.29) is 64.3 Å². The second-order valence-corrected chi connectivity index (χ2v) is 9.77. The molecule has 0 aliphatic carbocycles. The van der Waals surface area contributed by atoms with Crippen LogP contribution in [-0.4, -0.2) is 39.1 Å². The molecule has 0 radical (unpaired) electrons. The predicted molar refractivity (Wildman–Crippen MR) is 149 cm³/mol. The average molecular weight is 654 g/mol. The maximum atomic E-state index is 13.0. The summed E-state index contributed by atoms with van der Waals surface area (Å²) in [5.74, 6) is 0.546. The Morgan fingerprint density at radius 3 is 2.65 bits per heavy atom. The maximum Gasteiger partial charge on any atom is 0.261 e. The molecule has 1 aromatic heterocycles. The van der Waals surface area contributed by atoms with Crippen LogP contribution in [-0.2, 0) is 17.1 Å². The van der Waals surface area contributed by atoms with E-state index in [4.69, 9.17) is 23.2 Å². The van der Waals surface area contributed by atoms with Crippen LogP contribution in [0.1, 0.15) is 24.8 Å². The van der Waals surface area contributed by atoms with Gasteiger partial charge in [-0.15, -0.1) is 45.7 Å². The summed E-state index contributed by atoms with van der Waals surface area (Å²) in [6.45, 7) is 0.701. The van der Waals surface area contributed by atoms with Crippen LogP contribution in [0.4, 0.5) is 0 Å². The van der Waals surface area contributed by atoms with Gasteiger partial charge in [0.15, 0.2) is 5.78 Å². The summed E-state index contributed by atoms with van der Waals surface area (Å²) in [5.41, 5.74) is 1.29. The molecule has 0 bridgehead atoms. The van der Waals surface area contributed by atoms with Crippen molar-refractivity contribution in [2.24, 2.45) is 0 Å². The third kappa shape index (κ3) is 7.29. The molecule has 2 heterocycles. The van der Waals surface area contributed by atoms with Crippen LogP contribution in [0.25, 0.3) is 10.9 Å². The molecular formula is C23H25Br2Cl2N3O3S. The Morgan fingerprint density at radius 2 is 1.94 bits per heavy atom. The van der Waals surface area contributed by atoms with Gasteiger partial charge in [-0.3, -0.25) is 14.2 Å². The Balaban J connectivity index is 0.00000204. The number of halogens is 4. The van der Waals surface area contributed by atoms with E-state index in [0.29, 0.717) is 33.1 Å². The number of ketones is 1. The summed E-state index contributed by atoms with van der Waals surface area (Å²) in [6.07, 6.45) is 2.58. The van der Waals surface area contributed by atoms with Crippen LogP contribution in [0, 0.1) is 0 Å². The Labute approximate surface area is 233 Å². The number of aliphatic hydroxyl groups excluding tert-OH is 1. The van der Waals surface area contributed by atoms with Crippen molar-refractivity contribution in [3.8, 4) is 0 Å². The molecule has 1 aliphatic rings. The fourth-order valence-corrected chi connectivity index (χ4v) is 5.13. The number of aromatic nitrogens is 2. The first-order chi connectivity index (χ1) is 15.4. The van der Waals surface area contributed by atoms with Crippen LogP contribution in [0.5, 0.6) is 0 Å². The Hall–Kier alpha value is -0.940. The molecule has 11 heteroatoms. The van der Waals surface area contributed by atoms with E-state index >= 15 is 0 Å².